The first-order valence-electron chi connectivity index (χ1n) is 13.8. The van der Waals surface area contributed by atoms with Crippen LogP contribution in [-0.2, 0) is 4.79 Å². The SMILES string of the molecule is CC(C)(C)[C@H](NC(=O)c1cc2ccccc2[nH]1)C(=O)N1C[C@@H]2CC1CN2C(=O)c1ccc(-c2ccccc2Cl)cn1. The molecule has 1 unspecified atom stereocenters. The fraction of sp³-hybridized carbons (Fsp3) is 0.312. The number of halogens is 1. The molecule has 2 aliphatic rings. The number of piperazine rings is 1. The predicted octanol–water partition coefficient (Wildman–Crippen LogP) is 5.15. The summed E-state index contributed by atoms with van der Waals surface area (Å²) >= 11 is 6.31. The second kappa shape index (κ2) is 10.3. The number of rotatable bonds is 5. The van der Waals surface area contributed by atoms with Crippen molar-refractivity contribution in [1.82, 2.24) is 25.1 Å². The van der Waals surface area contributed by atoms with Crippen molar-refractivity contribution in [2.45, 2.75) is 45.3 Å². The maximum absolute atomic E-state index is 13.8. The van der Waals surface area contributed by atoms with Gasteiger partial charge < -0.3 is 20.1 Å². The van der Waals surface area contributed by atoms with Crippen LogP contribution in [0.2, 0.25) is 5.02 Å². The highest BCUT2D eigenvalue weighted by Gasteiger charge is 2.50. The van der Waals surface area contributed by atoms with Crippen molar-refractivity contribution < 1.29 is 14.4 Å². The molecule has 3 atom stereocenters. The van der Waals surface area contributed by atoms with E-state index < -0.39 is 11.5 Å². The lowest BCUT2D eigenvalue weighted by molar-refractivity contribution is -0.138. The molecule has 2 N–H and O–H groups in total. The summed E-state index contributed by atoms with van der Waals surface area (Å²) in [5.41, 5.74) is 2.84. The molecule has 3 amide bonds. The number of aromatic amines is 1. The molecule has 4 heterocycles. The lowest BCUT2D eigenvalue weighted by atomic mass is 9.85. The Morgan fingerprint density at radius 1 is 0.976 bits per heavy atom. The summed E-state index contributed by atoms with van der Waals surface area (Å²) in [6.07, 6.45) is 2.38. The van der Waals surface area contributed by atoms with Crippen LogP contribution in [0.15, 0.2) is 72.9 Å². The minimum atomic E-state index is -0.719. The third-order valence-electron chi connectivity index (χ3n) is 8.11. The highest BCUT2D eigenvalue weighted by molar-refractivity contribution is 6.33. The normalized spacial score (nSPS) is 19.0. The van der Waals surface area contributed by atoms with Gasteiger partial charge in [0.1, 0.15) is 17.4 Å². The van der Waals surface area contributed by atoms with Crippen LogP contribution in [0.4, 0.5) is 0 Å². The van der Waals surface area contributed by atoms with E-state index in [1.54, 1.807) is 18.3 Å². The Kier molecular flexibility index (Phi) is 6.82. The van der Waals surface area contributed by atoms with E-state index in [0.29, 0.717) is 35.9 Å². The number of carbonyl (C=O) groups is 3. The van der Waals surface area contributed by atoms with Gasteiger partial charge in [-0.25, -0.2) is 0 Å². The Hall–Kier alpha value is -4.17. The van der Waals surface area contributed by atoms with Crippen LogP contribution in [0.5, 0.6) is 0 Å². The maximum atomic E-state index is 13.8. The predicted molar refractivity (Wildman–Crippen MR) is 159 cm³/mol. The first-order chi connectivity index (χ1) is 19.6. The number of pyridine rings is 1. The summed E-state index contributed by atoms with van der Waals surface area (Å²) < 4.78 is 0. The third-order valence-corrected chi connectivity index (χ3v) is 8.44. The number of nitrogens with zero attached hydrogens (tertiary/aromatic N) is 3. The molecule has 0 spiro atoms. The molecule has 2 fully saturated rings. The number of H-pyrrole nitrogens is 1. The van der Waals surface area contributed by atoms with E-state index in [1.807, 2.05) is 85.2 Å². The molecular formula is C32H32ClN5O3. The number of likely N-dealkylation sites (tertiary alicyclic amines) is 2. The van der Waals surface area contributed by atoms with Crippen LogP contribution in [0.3, 0.4) is 0 Å². The fourth-order valence-electron chi connectivity index (χ4n) is 5.93. The standard InChI is InChI=1S/C32H32ClN5O3/c1-32(2,3)28(36-29(39)27-14-19-8-4-7-11-25(19)35-27)31(41)38-18-21-15-22(38)17-37(21)30(40)26-13-12-20(16-34-26)23-9-5-6-10-24(23)33/h4-14,16,21-22,28,35H,15,17-18H2,1-3H3,(H,36,39)/t21-,22?,28+/m0/s1. The van der Waals surface area contributed by atoms with Crippen LogP contribution < -0.4 is 5.32 Å². The Balaban J connectivity index is 1.13. The van der Waals surface area contributed by atoms with Gasteiger partial charge >= 0.3 is 0 Å². The molecule has 4 aromatic rings. The molecule has 6 rings (SSSR count). The van der Waals surface area contributed by atoms with Gasteiger partial charge in [-0.3, -0.25) is 19.4 Å². The average Bonchev–Trinajstić information content (AvgIpc) is 3.69. The molecule has 0 radical (unpaired) electrons. The van der Waals surface area contributed by atoms with Crippen LogP contribution >= 0.6 is 11.6 Å². The van der Waals surface area contributed by atoms with Gasteiger partial charge in [-0.2, -0.15) is 0 Å². The molecule has 9 heteroatoms. The molecule has 41 heavy (non-hydrogen) atoms. The summed E-state index contributed by atoms with van der Waals surface area (Å²) in [5.74, 6) is -0.583. The van der Waals surface area contributed by atoms with Crippen molar-refractivity contribution in [2.75, 3.05) is 13.1 Å². The minimum Gasteiger partial charge on any atom is -0.351 e. The van der Waals surface area contributed by atoms with Crippen molar-refractivity contribution in [1.29, 1.82) is 0 Å². The second-order valence-electron chi connectivity index (χ2n) is 11.9. The molecule has 2 aromatic carbocycles. The van der Waals surface area contributed by atoms with Gasteiger partial charge in [0.15, 0.2) is 0 Å². The van der Waals surface area contributed by atoms with Crippen molar-refractivity contribution in [3.8, 4) is 11.1 Å². The van der Waals surface area contributed by atoms with Gasteiger partial charge in [0.2, 0.25) is 5.91 Å². The number of para-hydroxylation sites is 1. The first kappa shape index (κ1) is 27.0. The number of nitrogens with one attached hydrogen (secondary N) is 2. The molecule has 2 saturated heterocycles. The number of hydrogen-bond acceptors (Lipinski definition) is 4. The lowest BCUT2D eigenvalue weighted by Gasteiger charge is -2.39. The molecule has 2 aromatic heterocycles. The minimum absolute atomic E-state index is 0.0912. The molecule has 2 aliphatic heterocycles. The Bertz CT molecular complexity index is 1610. The lowest BCUT2D eigenvalue weighted by Crippen LogP contribution is -2.59. The van der Waals surface area contributed by atoms with Gasteiger partial charge in [-0.05, 0) is 36.1 Å². The average molecular weight is 570 g/mol. The summed E-state index contributed by atoms with van der Waals surface area (Å²) in [6.45, 7) is 6.72. The van der Waals surface area contributed by atoms with Gasteiger partial charge in [-0.1, -0.05) is 74.8 Å². The Morgan fingerprint density at radius 2 is 1.68 bits per heavy atom. The van der Waals surface area contributed by atoms with E-state index in [0.717, 1.165) is 22.0 Å². The van der Waals surface area contributed by atoms with Gasteiger partial charge in [0, 0.05) is 46.3 Å². The quantitative estimate of drug-likeness (QED) is 0.347. The van der Waals surface area contributed by atoms with Crippen LogP contribution in [0.1, 0.15) is 48.2 Å². The number of fused-ring (bicyclic) bond motifs is 3. The molecule has 0 aliphatic carbocycles. The Morgan fingerprint density at radius 3 is 2.34 bits per heavy atom. The molecule has 0 saturated carbocycles. The number of benzene rings is 2. The summed E-state index contributed by atoms with van der Waals surface area (Å²) in [5, 5.41) is 4.55. The number of hydrogen-bond donors (Lipinski definition) is 2. The van der Waals surface area contributed by atoms with Crippen molar-refractivity contribution >= 4 is 40.2 Å². The number of aromatic nitrogens is 2. The Labute approximate surface area is 243 Å². The van der Waals surface area contributed by atoms with E-state index >= 15 is 0 Å². The summed E-state index contributed by atoms with van der Waals surface area (Å²) in [4.78, 5) is 51.7. The topological polar surface area (TPSA) is 98.4 Å². The first-order valence-corrected chi connectivity index (χ1v) is 14.2. The van der Waals surface area contributed by atoms with Crippen molar-refractivity contribution in [3.05, 3.63) is 89.3 Å². The van der Waals surface area contributed by atoms with E-state index in [-0.39, 0.29) is 29.8 Å². The van der Waals surface area contributed by atoms with E-state index in [9.17, 15) is 14.4 Å². The van der Waals surface area contributed by atoms with Gasteiger partial charge in [0.05, 0.1) is 12.1 Å². The van der Waals surface area contributed by atoms with E-state index in [1.165, 1.54) is 0 Å². The summed E-state index contributed by atoms with van der Waals surface area (Å²) in [7, 11) is 0. The zero-order valence-corrected chi connectivity index (χ0v) is 24.0. The zero-order valence-electron chi connectivity index (χ0n) is 23.2. The number of carbonyl (C=O) groups excluding carboxylic acids is 3. The zero-order chi connectivity index (χ0) is 28.9. The molecular weight excluding hydrogens is 538 g/mol. The molecule has 8 nitrogen and oxygen atoms in total. The molecule has 210 valence electrons. The van der Waals surface area contributed by atoms with E-state index in [4.69, 9.17) is 11.6 Å². The highest BCUT2D eigenvalue weighted by atomic mass is 35.5. The van der Waals surface area contributed by atoms with Gasteiger partial charge in [0.25, 0.3) is 11.8 Å². The van der Waals surface area contributed by atoms with Crippen molar-refractivity contribution in [2.24, 2.45) is 5.41 Å². The third kappa shape index (κ3) is 5.08. The number of amides is 3. The van der Waals surface area contributed by atoms with Crippen molar-refractivity contribution in [3.63, 3.8) is 0 Å². The van der Waals surface area contributed by atoms with Gasteiger partial charge in [-0.15, -0.1) is 0 Å². The van der Waals surface area contributed by atoms with Crippen LogP contribution in [-0.4, -0.2) is 68.7 Å². The smallest absolute Gasteiger partial charge is 0.272 e. The van der Waals surface area contributed by atoms with E-state index in [2.05, 4.69) is 15.3 Å². The highest BCUT2D eigenvalue weighted by Crippen LogP contribution is 2.34. The molecule has 2 bridgehead atoms. The van der Waals surface area contributed by atoms with Crippen LogP contribution in [0, 0.1) is 5.41 Å². The fourth-order valence-corrected chi connectivity index (χ4v) is 6.17. The monoisotopic (exact) mass is 569 g/mol. The largest absolute Gasteiger partial charge is 0.351 e. The maximum Gasteiger partial charge on any atom is 0.272 e. The second-order valence-corrected chi connectivity index (χ2v) is 12.4. The van der Waals surface area contributed by atoms with Crippen LogP contribution in [0.25, 0.3) is 22.0 Å². The summed E-state index contributed by atoms with van der Waals surface area (Å²) in [6, 6.07) is 19.7.